The molecule has 4 N–H and O–H groups in total. The zero-order valence-corrected chi connectivity index (χ0v) is 19.2. The number of thiazole rings is 1. The van der Waals surface area contributed by atoms with Gasteiger partial charge >= 0.3 is 6.03 Å². The molecule has 0 spiro atoms. The highest BCUT2D eigenvalue weighted by atomic mass is 32.2. The molecule has 2 aliphatic rings. The number of rotatable bonds is 3. The van der Waals surface area contributed by atoms with Gasteiger partial charge in [0.15, 0.2) is 9.92 Å². The van der Waals surface area contributed by atoms with Crippen molar-refractivity contribution in [1.29, 1.82) is 0 Å². The van der Waals surface area contributed by atoms with Crippen LogP contribution in [-0.4, -0.2) is 25.3 Å². The molecule has 2 aliphatic carbocycles. The number of nitrogens with zero attached hydrogens (tertiary/aromatic N) is 3. The number of amides is 2. The molecule has 2 aromatic rings. The molecule has 10 heteroatoms. The van der Waals surface area contributed by atoms with Crippen LogP contribution in [0.3, 0.4) is 0 Å². The Kier molecular flexibility index (Phi) is 5.04. The quantitative estimate of drug-likeness (QED) is 0.662. The van der Waals surface area contributed by atoms with Gasteiger partial charge < -0.3 is 10.4 Å². The Balaban J connectivity index is 1.67. The average Bonchev–Trinajstić information content (AvgIpc) is 3.30. The van der Waals surface area contributed by atoms with Crippen LogP contribution in [0.1, 0.15) is 61.6 Å². The number of aromatic nitrogens is 2. The number of carbonyl (C=O) groups excluding carboxylic acids is 1. The lowest BCUT2D eigenvalue weighted by Gasteiger charge is -2.16. The molecule has 2 aromatic heterocycles. The zero-order valence-electron chi connectivity index (χ0n) is 17.6. The summed E-state index contributed by atoms with van der Waals surface area (Å²) in [5.74, 6) is 0. The smallest absolute Gasteiger partial charge is 0.354 e. The number of fused-ring (bicyclic) bond motifs is 2. The van der Waals surface area contributed by atoms with E-state index in [1.54, 1.807) is 13.8 Å². The summed E-state index contributed by atoms with van der Waals surface area (Å²) >= 11 is 0.990. The molecule has 162 valence electrons. The van der Waals surface area contributed by atoms with Crippen LogP contribution in [0.25, 0.3) is 0 Å². The van der Waals surface area contributed by atoms with Crippen LogP contribution >= 0.6 is 11.3 Å². The minimum atomic E-state index is -3.48. The summed E-state index contributed by atoms with van der Waals surface area (Å²) in [6.45, 7) is 7.52. The number of pyridine rings is 1. The molecule has 0 saturated heterocycles. The normalized spacial score (nSPS) is 19.1. The van der Waals surface area contributed by atoms with Crippen LogP contribution in [0.2, 0.25) is 0 Å². The number of nitrogens with two attached hydrogens (primary N) is 1. The third-order valence-corrected chi connectivity index (χ3v) is 8.65. The lowest BCUT2D eigenvalue weighted by Crippen LogP contribution is -2.18. The highest BCUT2D eigenvalue weighted by Gasteiger charge is 2.35. The van der Waals surface area contributed by atoms with Gasteiger partial charge in [0.1, 0.15) is 14.8 Å². The molecule has 2 amide bonds. The second-order valence-electron chi connectivity index (χ2n) is 9.34. The number of carbonyl (C=O) groups is 1. The lowest BCUT2D eigenvalue weighted by atomic mass is 9.90. The molecule has 0 saturated carbocycles. The first-order valence-electron chi connectivity index (χ1n) is 9.94. The lowest BCUT2D eigenvalue weighted by molar-refractivity contribution is 0.0783. The summed E-state index contributed by atoms with van der Waals surface area (Å²) in [5, 5.41) is 19.2. The van der Waals surface area contributed by atoms with Gasteiger partial charge in [0.2, 0.25) is 0 Å². The maximum Gasteiger partial charge on any atom is 0.354 e. The second kappa shape index (κ2) is 7.08. The van der Waals surface area contributed by atoms with Crippen molar-refractivity contribution in [3.63, 3.8) is 0 Å². The van der Waals surface area contributed by atoms with Crippen LogP contribution in [0, 0.1) is 5.41 Å². The van der Waals surface area contributed by atoms with Crippen LogP contribution < -0.4 is 10.5 Å². The fraction of sp³-hybridized carbons (Fsp3) is 0.550. The Bertz CT molecular complexity index is 1150. The Hall–Kier alpha value is -1.88. The molecule has 8 nitrogen and oxygen atoms in total. The predicted molar refractivity (Wildman–Crippen MR) is 117 cm³/mol. The maximum atomic E-state index is 12.9. The molecule has 4 rings (SSSR count). The van der Waals surface area contributed by atoms with Gasteiger partial charge in [-0.1, -0.05) is 13.8 Å². The van der Waals surface area contributed by atoms with E-state index in [-0.39, 0.29) is 9.62 Å². The van der Waals surface area contributed by atoms with Crippen molar-refractivity contribution in [1.82, 2.24) is 9.97 Å². The van der Waals surface area contributed by atoms with Crippen molar-refractivity contribution in [2.24, 2.45) is 14.9 Å². The summed E-state index contributed by atoms with van der Waals surface area (Å²) in [4.78, 5) is 21.7. The van der Waals surface area contributed by atoms with Gasteiger partial charge in [0, 0.05) is 11.4 Å². The van der Waals surface area contributed by atoms with Crippen molar-refractivity contribution in [2.45, 2.75) is 69.6 Å². The summed E-state index contributed by atoms with van der Waals surface area (Å²) in [5.41, 5.74) is 3.83. The van der Waals surface area contributed by atoms with Gasteiger partial charge in [-0.3, -0.25) is 4.98 Å². The fourth-order valence-corrected chi connectivity index (χ4v) is 6.20. The predicted octanol–water partition coefficient (Wildman–Crippen LogP) is 3.31. The van der Waals surface area contributed by atoms with Crippen LogP contribution in [0.4, 0.5) is 10.5 Å². The average molecular weight is 450 g/mol. The molecule has 0 fully saturated rings. The summed E-state index contributed by atoms with van der Waals surface area (Å²) in [6, 6.07) is -0.743. The highest BCUT2D eigenvalue weighted by molar-refractivity contribution is 7.93. The third kappa shape index (κ3) is 4.01. The van der Waals surface area contributed by atoms with E-state index in [0.29, 0.717) is 5.01 Å². The number of hydrogen-bond acceptors (Lipinski definition) is 6. The molecule has 0 aliphatic heterocycles. The molecule has 30 heavy (non-hydrogen) atoms. The Morgan fingerprint density at radius 1 is 1.30 bits per heavy atom. The largest absolute Gasteiger partial charge is 0.383 e. The standard InChI is InChI=1S/C20H27N5O3S2/c1-19(2)8-12-14(9-19)23-13-7-5-6-11(13)16(12)24-18(26)25-30(21,28)15-10-22-17(29-15)20(3,4)27/h10,27H,5-9H2,1-4H3,(H3,21,23,24,25,26,28). The van der Waals surface area contributed by atoms with E-state index in [2.05, 4.69) is 28.5 Å². The number of nitrogens with one attached hydrogen (secondary N) is 1. The molecule has 1 unspecified atom stereocenters. The van der Waals surface area contributed by atoms with Crippen molar-refractivity contribution in [3.8, 4) is 0 Å². The summed E-state index contributed by atoms with van der Waals surface area (Å²) in [7, 11) is -3.48. The van der Waals surface area contributed by atoms with Crippen molar-refractivity contribution in [2.75, 3.05) is 5.32 Å². The van der Waals surface area contributed by atoms with E-state index >= 15 is 0 Å². The van der Waals surface area contributed by atoms with Crippen molar-refractivity contribution in [3.05, 3.63) is 33.7 Å². The first kappa shape index (κ1) is 21.4. The minimum absolute atomic E-state index is 0.0819. The first-order valence-corrected chi connectivity index (χ1v) is 12.3. The minimum Gasteiger partial charge on any atom is -0.383 e. The molecule has 0 radical (unpaired) electrons. The molecule has 2 heterocycles. The van der Waals surface area contributed by atoms with Crippen molar-refractivity contribution < 1.29 is 14.1 Å². The second-order valence-corrected chi connectivity index (χ2v) is 12.4. The number of hydrogen-bond donors (Lipinski definition) is 3. The van der Waals surface area contributed by atoms with Crippen LogP contribution in [-0.2, 0) is 41.2 Å². The Morgan fingerprint density at radius 3 is 2.70 bits per heavy atom. The number of anilines is 1. The van der Waals surface area contributed by atoms with Gasteiger partial charge in [-0.2, -0.15) is 0 Å². The van der Waals surface area contributed by atoms with E-state index in [9.17, 15) is 14.1 Å². The maximum absolute atomic E-state index is 12.9. The summed E-state index contributed by atoms with van der Waals surface area (Å²) in [6.07, 6.45) is 5.75. The van der Waals surface area contributed by atoms with Crippen molar-refractivity contribution >= 4 is 33.0 Å². The number of aliphatic hydroxyl groups is 1. The number of aryl methyl sites for hydroxylation is 1. The molecule has 0 bridgehead atoms. The zero-order chi connectivity index (χ0) is 21.9. The van der Waals surface area contributed by atoms with E-state index in [1.165, 1.54) is 6.20 Å². The molecule has 0 aromatic carbocycles. The highest BCUT2D eigenvalue weighted by Crippen LogP contribution is 2.43. The van der Waals surface area contributed by atoms with Gasteiger partial charge in [0.05, 0.1) is 11.9 Å². The van der Waals surface area contributed by atoms with Crippen LogP contribution in [0.15, 0.2) is 14.8 Å². The SMILES string of the molecule is CC1(C)Cc2nc3c(c(NC(=O)N=S(N)(=O)c4cnc(C(C)(C)O)s4)c2C1)CCC3. The third-order valence-electron chi connectivity index (χ3n) is 5.46. The molecular weight excluding hydrogens is 422 g/mol. The number of urea groups is 1. The van der Waals surface area contributed by atoms with Gasteiger partial charge in [0.25, 0.3) is 0 Å². The molecule has 1 atom stereocenters. The van der Waals surface area contributed by atoms with Gasteiger partial charge in [-0.15, -0.1) is 15.7 Å². The van der Waals surface area contributed by atoms with Gasteiger partial charge in [-0.05, 0) is 62.5 Å². The Morgan fingerprint density at radius 2 is 2.03 bits per heavy atom. The summed E-state index contributed by atoms with van der Waals surface area (Å²) < 4.78 is 16.9. The van der Waals surface area contributed by atoms with Gasteiger partial charge in [-0.25, -0.2) is 19.1 Å². The molecular formula is C20H27N5O3S2. The topological polar surface area (TPSA) is 131 Å². The first-order chi connectivity index (χ1) is 13.9. The van der Waals surface area contributed by atoms with E-state index < -0.39 is 21.5 Å². The van der Waals surface area contributed by atoms with Crippen LogP contribution in [0.5, 0.6) is 0 Å². The van der Waals surface area contributed by atoms with E-state index in [1.807, 2.05) is 0 Å². The Labute approximate surface area is 180 Å². The fourth-order valence-electron chi connectivity index (χ4n) is 4.13. The van der Waals surface area contributed by atoms with E-state index in [4.69, 9.17) is 10.1 Å². The van der Waals surface area contributed by atoms with E-state index in [0.717, 1.165) is 71.6 Å². The monoisotopic (exact) mass is 449 g/mol.